The Balaban J connectivity index is 1.79. The van der Waals surface area contributed by atoms with E-state index in [9.17, 15) is 9.59 Å². The highest BCUT2D eigenvalue weighted by atomic mass is 16.2. The van der Waals surface area contributed by atoms with Crippen LogP contribution in [-0.2, 0) is 9.59 Å². The van der Waals surface area contributed by atoms with Crippen LogP contribution in [0.2, 0.25) is 0 Å². The summed E-state index contributed by atoms with van der Waals surface area (Å²) in [6.45, 7) is -0.0356. The van der Waals surface area contributed by atoms with Gasteiger partial charge in [-0.2, -0.15) is 5.26 Å². The Labute approximate surface area is 124 Å². The van der Waals surface area contributed by atoms with Gasteiger partial charge in [0.25, 0.3) is 0 Å². The molecule has 2 amide bonds. The zero-order chi connectivity index (χ0) is 15.1. The summed E-state index contributed by atoms with van der Waals surface area (Å²) >= 11 is 0. The quantitative estimate of drug-likeness (QED) is 0.889. The zero-order valence-electron chi connectivity index (χ0n) is 11.9. The minimum Gasteiger partial charge on any atom is -0.347 e. The molecule has 1 fully saturated rings. The first-order valence-electron chi connectivity index (χ1n) is 7.27. The second-order valence-electron chi connectivity index (χ2n) is 5.29. The van der Waals surface area contributed by atoms with E-state index in [4.69, 9.17) is 5.26 Å². The second kappa shape index (κ2) is 7.44. The van der Waals surface area contributed by atoms with Crippen molar-refractivity contribution in [1.82, 2.24) is 5.32 Å². The molecule has 0 spiro atoms. The van der Waals surface area contributed by atoms with Gasteiger partial charge in [0.05, 0.1) is 18.2 Å². The summed E-state index contributed by atoms with van der Waals surface area (Å²) in [6.07, 6.45) is 5.20. The predicted octanol–water partition coefficient (Wildman–Crippen LogP) is 2.19. The van der Waals surface area contributed by atoms with Gasteiger partial charge in [-0.15, -0.1) is 0 Å². The lowest BCUT2D eigenvalue weighted by molar-refractivity contribution is -0.128. The molecule has 5 nitrogen and oxygen atoms in total. The Hall–Kier alpha value is -2.35. The van der Waals surface area contributed by atoms with E-state index in [2.05, 4.69) is 10.6 Å². The number of nitrogens with one attached hydrogen (secondary N) is 2. The molecule has 0 aromatic heterocycles. The summed E-state index contributed by atoms with van der Waals surface area (Å²) < 4.78 is 0. The van der Waals surface area contributed by atoms with E-state index in [1.807, 2.05) is 6.07 Å². The van der Waals surface area contributed by atoms with Gasteiger partial charge in [0.15, 0.2) is 0 Å². The molecule has 0 aliphatic heterocycles. The van der Waals surface area contributed by atoms with Crippen molar-refractivity contribution in [1.29, 1.82) is 5.26 Å². The monoisotopic (exact) mass is 285 g/mol. The van der Waals surface area contributed by atoms with E-state index in [0.29, 0.717) is 11.3 Å². The molecule has 2 rings (SSSR count). The molecule has 0 radical (unpaired) electrons. The fraction of sp³-hybridized carbons (Fsp3) is 0.438. The molecule has 1 aromatic rings. The minimum atomic E-state index is -0.283. The lowest BCUT2D eigenvalue weighted by Crippen LogP contribution is -2.37. The highest BCUT2D eigenvalue weighted by Gasteiger charge is 2.21. The van der Waals surface area contributed by atoms with Crippen molar-refractivity contribution in [3.05, 3.63) is 29.8 Å². The number of hydrogen-bond acceptors (Lipinski definition) is 3. The van der Waals surface area contributed by atoms with Crippen LogP contribution in [0.15, 0.2) is 24.3 Å². The number of carbonyl (C=O) groups excluding carboxylic acids is 2. The molecule has 110 valence electrons. The normalized spacial score (nSPS) is 15.0. The Kier molecular flexibility index (Phi) is 5.33. The van der Waals surface area contributed by atoms with Crippen LogP contribution >= 0.6 is 0 Å². The first kappa shape index (κ1) is 15.0. The maximum absolute atomic E-state index is 11.9. The molecular weight excluding hydrogens is 266 g/mol. The maximum atomic E-state index is 11.9. The second-order valence-corrected chi connectivity index (χ2v) is 5.29. The molecule has 1 aliphatic carbocycles. The molecular formula is C16H19N3O2. The van der Waals surface area contributed by atoms with Crippen LogP contribution in [0.1, 0.15) is 37.7 Å². The number of rotatable bonds is 4. The van der Waals surface area contributed by atoms with Gasteiger partial charge in [-0.3, -0.25) is 9.59 Å². The molecule has 1 aliphatic rings. The van der Waals surface area contributed by atoms with E-state index >= 15 is 0 Å². The summed E-state index contributed by atoms with van der Waals surface area (Å²) in [5.74, 6) is -0.265. The number of anilines is 1. The molecule has 0 saturated heterocycles. The number of amides is 2. The molecule has 0 bridgehead atoms. The molecule has 1 saturated carbocycles. The molecule has 0 unspecified atom stereocenters. The third-order valence-electron chi connectivity index (χ3n) is 3.67. The number of carbonyl (C=O) groups is 2. The predicted molar refractivity (Wildman–Crippen MR) is 79.4 cm³/mol. The largest absolute Gasteiger partial charge is 0.347 e. The number of nitriles is 1. The molecule has 0 atom stereocenters. The SMILES string of the molecule is N#Cc1cccc(NC(=O)CNC(=O)C2CCCCC2)c1. The minimum absolute atomic E-state index is 0.0318. The van der Waals surface area contributed by atoms with Crippen molar-refractivity contribution in [2.24, 2.45) is 5.92 Å². The van der Waals surface area contributed by atoms with Crippen molar-refractivity contribution in [3.63, 3.8) is 0 Å². The summed E-state index contributed by atoms with van der Waals surface area (Å²) in [5, 5.41) is 14.2. The molecule has 5 heteroatoms. The van der Waals surface area contributed by atoms with Crippen molar-refractivity contribution in [3.8, 4) is 6.07 Å². The number of benzene rings is 1. The van der Waals surface area contributed by atoms with E-state index in [0.717, 1.165) is 25.7 Å². The van der Waals surface area contributed by atoms with Gasteiger partial charge in [-0.1, -0.05) is 25.3 Å². The third-order valence-corrected chi connectivity index (χ3v) is 3.67. The van der Waals surface area contributed by atoms with Crippen LogP contribution in [0.25, 0.3) is 0 Å². The van der Waals surface area contributed by atoms with Crippen LogP contribution in [0.5, 0.6) is 0 Å². The van der Waals surface area contributed by atoms with E-state index in [1.165, 1.54) is 6.42 Å². The first-order chi connectivity index (χ1) is 10.2. The van der Waals surface area contributed by atoms with Crippen molar-refractivity contribution < 1.29 is 9.59 Å². The number of hydrogen-bond donors (Lipinski definition) is 2. The Morgan fingerprint density at radius 1 is 1.24 bits per heavy atom. The van der Waals surface area contributed by atoms with Gasteiger partial charge in [0.2, 0.25) is 11.8 Å². The molecule has 21 heavy (non-hydrogen) atoms. The van der Waals surface area contributed by atoms with Gasteiger partial charge in [-0.25, -0.2) is 0 Å². The van der Waals surface area contributed by atoms with E-state index < -0.39 is 0 Å². The molecule has 0 heterocycles. The van der Waals surface area contributed by atoms with Crippen LogP contribution < -0.4 is 10.6 Å². The van der Waals surface area contributed by atoms with Crippen LogP contribution in [-0.4, -0.2) is 18.4 Å². The molecule has 1 aromatic carbocycles. The summed E-state index contributed by atoms with van der Waals surface area (Å²) in [6, 6.07) is 8.69. The van der Waals surface area contributed by atoms with Gasteiger partial charge >= 0.3 is 0 Å². The lowest BCUT2D eigenvalue weighted by Gasteiger charge is -2.20. The zero-order valence-corrected chi connectivity index (χ0v) is 11.9. The number of nitrogens with zero attached hydrogens (tertiary/aromatic N) is 1. The summed E-state index contributed by atoms with van der Waals surface area (Å²) in [5.41, 5.74) is 1.05. The average Bonchev–Trinajstić information content (AvgIpc) is 2.53. The van der Waals surface area contributed by atoms with Crippen LogP contribution in [0.3, 0.4) is 0 Å². The van der Waals surface area contributed by atoms with Crippen molar-refractivity contribution in [2.45, 2.75) is 32.1 Å². The van der Waals surface area contributed by atoms with Crippen molar-refractivity contribution in [2.75, 3.05) is 11.9 Å². The fourth-order valence-electron chi connectivity index (χ4n) is 2.55. The van der Waals surface area contributed by atoms with E-state index in [1.54, 1.807) is 24.3 Å². The Morgan fingerprint density at radius 2 is 2.00 bits per heavy atom. The Morgan fingerprint density at radius 3 is 2.71 bits per heavy atom. The lowest BCUT2D eigenvalue weighted by atomic mass is 9.89. The standard InChI is InChI=1S/C16H19N3O2/c17-10-12-5-4-8-14(9-12)19-15(20)11-18-16(21)13-6-2-1-3-7-13/h4-5,8-9,13H,1-3,6-7,11H2,(H,18,21)(H,19,20). The van der Waals surface area contributed by atoms with Gasteiger partial charge in [0.1, 0.15) is 0 Å². The summed E-state index contributed by atoms with van der Waals surface area (Å²) in [7, 11) is 0. The van der Waals surface area contributed by atoms with Gasteiger partial charge in [-0.05, 0) is 31.0 Å². The van der Waals surface area contributed by atoms with Gasteiger partial charge < -0.3 is 10.6 Å². The molecule has 2 N–H and O–H groups in total. The van der Waals surface area contributed by atoms with Crippen molar-refractivity contribution >= 4 is 17.5 Å². The topological polar surface area (TPSA) is 82.0 Å². The highest BCUT2D eigenvalue weighted by Crippen LogP contribution is 2.23. The van der Waals surface area contributed by atoms with E-state index in [-0.39, 0.29) is 24.3 Å². The Bertz CT molecular complexity index is 557. The van der Waals surface area contributed by atoms with Crippen LogP contribution in [0.4, 0.5) is 5.69 Å². The fourth-order valence-corrected chi connectivity index (χ4v) is 2.55. The summed E-state index contributed by atoms with van der Waals surface area (Å²) in [4.78, 5) is 23.7. The van der Waals surface area contributed by atoms with Crippen LogP contribution in [0, 0.1) is 17.2 Å². The third kappa shape index (κ3) is 4.60. The smallest absolute Gasteiger partial charge is 0.243 e. The highest BCUT2D eigenvalue weighted by molar-refractivity contribution is 5.94. The average molecular weight is 285 g/mol. The van der Waals surface area contributed by atoms with Gasteiger partial charge in [0, 0.05) is 11.6 Å². The first-order valence-corrected chi connectivity index (χ1v) is 7.27. The maximum Gasteiger partial charge on any atom is 0.243 e.